The lowest BCUT2D eigenvalue weighted by atomic mass is 9.59. The second-order valence-electron chi connectivity index (χ2n) is 12.3. The molecule has 3 aliphatic rings. The average Bonchev–Trinajstić information content (AvgIpc) is 3.61. The van der Waals surface area contributed by atoms with Crippen molar-refractivity contribution in [2.75, 3.05) is 4.90 Å². The number of halogens is 2. The Morgan fingerprint density at radius 1 is 0.583 bits per heavy atom. The minimum absolute atomic E-state index is 0.0721. The third kappa shape index (κ3) is 3.87. The van der Waals surface area contributed by atoms with Crippen molar-refractivity contribution in [1.29, 1.82) is 0 Å². The summed E-state index contributed by atoms with van der Waals surface area (Å²) < 4.78 is 0. The van der Waals surface area contributed by atoms with Crippen LogP contribution >= 0.6 is 23.2 Å². The van der Waals surface area contributed by atoms with Crippen molar-refractivity contribution in [3.63, 3.8) is 0 Å². The molecule has 2 bridgehead atoms. The number of nitrogens with zero attached hydrogens (tertiary/aromatic N) is 1. The zero-order valence-electron chi connectivity index (χ0n) is 25.1. The summed E-state index contributed by atoms with van der Waals surface area (Å²) >= 11 is 12.8. The van der Waals surface area contributed by atoms with Crippen LogP contribution < -0.4 is 4.90 Å². The van der Waals surface area contributed by atoms with Crippen LogP contribution in [-0.4, -0.2) is 28.7 Å². The minimum Gasteiger partial charge on any atom is -0.478 e. The average molecular weight is 671 g/mol. The van der Waals surface area contributed by atoms with E-state index < -0.39 is 40.4 Å². The summed E-state index contributed by atoms with van der Waals surface area (Å²) in [6.45, 7) is 0. The van der Waals surface area contributed by atoms with Crippen molar-refractivity contribution >= 4 is 63.6 Å². The van der Waals surface area contributed by atoms with E-state index >= 15 is 14.4 Å². The Morgan fingerprint density at radius 3 is 1.44 bits per heavy atom. The Labute approximate surface area is 285 Å². The summed E-state index contributed by atoms with van der Waals surface area (Å²) in [6.07, 6.45) is 0. The molecule has 0 radical (unpaired) electrons. The Kier molecular flexibility index (Phi) is 6.81. The number of ketones is 1. The molecule has 1 N–H and O–H groups in total. The number of carbonyl (C=O) groups is 4. The molecule has 5 aromatic rings. The van der Waals surface area contributed by atoms with Gasteiger partial charge in [-0.15, -0.1) is 0 Å². The van der Waals surface area contributed by atoms with Crippen molar-refractivity contribution < 1.29 is 24.3 Å². The number of allylic oxidation sites excluding steroid dienone is 2. The third-order valence-electron chi connectivity index (χ3n) is 10.1. The number of carboxylic acids is 1. The van der Waals surface area contributed by atoms with E-state index in [0.29, 0.717) is 32.3 Å². The van der Waals surface area contributed by atoms with Gasteiger partial charge in [-0.3, -0.25) is 14.4 Å². The molecule has 0 spiro atoms. The Hall–Kier alpha value is -5.30. The number of rotatable bonds is 6. The number of Topliss-reactive ketones (excluding diaryl/α,β-unsaturated/α-hetero) is 1. The van der Waals surface area contributed by atoms with E-state index in [9.17, 15) is 9.90 Å². The summed E-state index contributed by atoms with van der Waals surface area (Å²) in [7, 11) is 0. The van der Waals surface area contributed by atoms with Crippen LogP contribution in [0, 0.1) is 11.8 Å². The van der Waals surface area contributed by atoms with Gasteiger partial charge in [0, 0.05) is 10.0 Å². The van der Waals surface area contributed by atoms with Crippen molar-refractivity contribution in [2.24, 2.45) is 11.8 Å². The molecular formula is C40H25Cl2NO5. The van der Waals surface area contributed by atoms with Gasteiger partial charge in [-0.25, -0.2) is 9.69 Å². The van der Waals surface area contributed by atoms with Crippen LogP contribution in [0.2, 0.25) is 10.0 Å². The van der Waals surface area contributed by atoms with Crippen molar-refractivity contribution in [1.82, 2.24) is 0 Å². The number of imide groups is 1. The van der Waals surface area contributed by atoms with Gasteiger partial charge in [0.2, 0.25) is 11.8 Å². The SMILES string of the molecule is O=C(O)c1cccc(N2C(=O)[C@H]3[C@H](C2=O)[C@]2(c4ccc(Cl)cc4)C(=O)[C@]3(c3ccc(Cl)cc3)C(c3ccccc3)=C2c2ccccc2)c1. The maximum absolute atomic E-state index is 15.9. The molecule has 0 unspecified atom stereocenters. The van der Waals surface area contributed by atoms with Crippen molar-refractivity contribution in [3.05, 3.63) is 171 Å². The van der Waals surface area contributed by atoms with E-state index in [4.69, 9.17) is 23.2 Å². The van der Waals surface area contributed by atoms with Crippen LogP contribution in [0.25, 0.3) is 11.1 Å². The Bertz CT molecular complexity index is 2070. The van der Waals surface area contributed by atoms with Gasteiger partial charge < -0.3 is 5.11 Å². The summed E-state index contributed by atoms with van der Waals surface area (Å²) in [5.74, 6) is -4.95. The highest BCUT2D eigenvalue weighted by Crippen LogP contribution is 2.74. The maximum atomic E-state index is 15.9. The molecular weight excluding hydrogens is 645 g/mol. The van der Waals surface area contributed by atoms with Crippen molar-refractivity contribution in [3.8, 4) is 0 Å². The molecule has 1 saturated carbocycles. The lowest BCUT2D eigenvalue weighted by molar-refractivity contribution is -0.130. The first-order valence-corrected chi connectivity index (χ1v) is 16.1. The lowest BCUT2D eigenvalue weighted by Crippen LogP contribution is -2.45. The summed E-state index contributed by atoms with van der Waals surface area (Å²) in [5.41, 5.74) is 0.648. The van der Waals surface area contributed by atoms with Crippen LogP contribution in [-0.2, 0) is 25.2 Å². The first-order valence-electron chi connectivity index (χ1n) is 15.4. The van der Waals surface area contributed by atoms with E-state index in [-0.39, 0.29) is 17.0 Å². The van der Waals surface area contributed by atoms with Crippen LogP contribution in [0.4, 0.5) is 5.69 Å². The number of aromatic carboxylic acids is 1. The molecule has 1 heterocycles. The molecule has 2 fully saturated rings. The predicted molar refractivity (Wildman–Crippen MR) is 184 cm³/mol. The van der Waals surface area contributed by atoms with Crippen molar-refractivity contribution in [2.45, 2.75) is 10.8 Å². The highest BCUT2D eigenvalue weighted by Gasteiger charge is 2.82. The van der Waals surface area contributed by atoms with E-state index in [1.54, 1.807) is 54.6 Å². The Morgan fingerprint density at radius 2 is 1.02 bits per heavy atom. The largest absolute Gasteiger partial charge is 0.478 e. The summed E-state index contributed by atoms with van der Waals surface area (Å²) in [5, 5.41) is 10.7. The molecule has 8 heteroatoms. The van der Waals surface area contributed by atoms with Gasteiger partial charge in [0.1, 0.15) is 0 Å². The Balaban J connectivity index is 1.54. The van der Waals surface area contributed by atoms with Crippen LogP contribution in [0.1, 0.15) is 32.6 Å². The fourth-order valence-electron chi connectivity index (χ4n) is 8.39. The fraction of sp³-hybridized carbons (Fsp3) is 0.100. The number of hydrogen-bond acceptors (Lipinski definition) is 4. The number of anilines is 1. The zero-order chi connectivity index (χ0) is 33.4. The van der Waals surface area contributed by atoms with Crippen LogP contribution in [0.3, 0.4) is 0 Å². The first-order chi connectivity index (χ1) is 23.2. The van der Waals surface area contributed by atoms with Gasteiger partial charge in [0.15, 0.2) is 5.78 Å². The minimum atomic E-state index is -1.62. The number of hydrogen-bond donors (Lipinski definition) is 1. The molecule has 1 saturated heterocycles. The van der Waals surface area contributed by atoms with Gasteiger partial charge in [-0.05, 0) is 75.9 Å². The van der Waals surface area contributed by atoms with E-state index in [2.05, 4.69) is 0 Å². The third-order valence-corrected chi connectivity index (χ3v) is 10.6. The van der Waals surface area contributed by atoms with E-state index in [1.807, 2.05) is 60.7 Å². The van der Waals surface area contributed by atoms with Gasteiger partial charge >= 0.3 is 5.97 Å². The smallest absolute Gasteiger partial charge is 0.335 e. The van der Waals surface area contributed by atoms with Gasteiger partial charge in [-0.2, -0.15) is 0 Å². The van der Waals surface area contributed by atoms with Gasteiger partial charge in [-0.1, -0.05) is 114 Å². The maximum Gasteiger partial charge on any atom is 0.335 e. The van der Waals surface area contributed by atoms with Gasteiger partial charge in [0.25, 0.3) is 0 Å². The second-order valence-corrected chi connectivity index (χ2v) is 13.1. The molecule has 48 heavy (non-hydrogen) atoms. The quantitative estimate of drug-likeness (QED) is 0.186. The molecule has 2 amide bonds. The highest BCUT2D eigenvalue weighted by molar-refractivity contribution is 6.39. The normalized spacial score (nSPS) is 24.4. The number of carbonyl (C=O) groups excluding carboxylic acids is 3. The molecule has 2 aliphatic carbocycles. The number of carboxylic acid groups (broad SMARTS) is 1. The summed E-state index contributed by atoms with van der Waals surface area (Å²) in [6, 6.07) is 38.5. The standard InChI is InChI=1S/C40H25Cl2NO5/c41-28-18-14-26(15-19-28)39-31(23-8-3-1-4-9-23)32(24-10-5-2-6-11-24)40(38(39)48,27-16-20-29(42)21-17-27)34-33(39)35(44)43(36(34)45)30-13-7-12-25(22-30)37(46)47/h1-22,33-34H,(H,46,47)/t33-,34-,39-,40-/m1/s1. The monoisotopic (exact) mass is 669 g/mol. The van der Waals surface area contributed by atoms with E-state index in [1.165, 1.54) is 18.2 Å². The second kappa shape index (κ2) is 10.9. The molecule has 6 nitrogen and oxygen atoms in total. The highest BCUT2D eigenvalue weighted by atomic mass is 35.5. The number of fused-ring (bicyclic) bond motifs is 5. The summed E-state index contributed by atoms with van der Waals surface area (Å²) in [4.78, 5) is 59.0. The lowest BCUT2D eigenvalue weighted by Gasteiger charge is -2.39. The van der Waals surface area contributed by atoms with Crippen LogP contribution in [0.5, 0.6) is 0 Å². The van der Waals surface area contributed by atoms with Crippen LogP contribution in [0.15, 0.2) is 133 Å². The zero-order valence-corrected chi connectivity index (χ0v) is 26.7. The topological polar surface area (TPSA) is 91.8 Å². The van der Waals surface area contributed by atoms with Gasteiger partial charge in [0.05, 0.1) is 33.9 Å². The molecule has 4 atom stereocenters. The molecule has 5 aromatic carbocycles. The molecule has 8 rings (SSSR count). The number of benzene rings is 5. The first kappa shape index (κ1) is 30.1. The molecule has 1 aliphatic heterocycles. The molecule has 234 valence electrons. The number of amides is 2. The molecule has 0 aromatic heterocycles. The van der Waals surface area contributed by atoms with E-state index in [0.717, 1.165) is 16.0 Å². The predicted octanol–water partition coefficient (Wildman–Crippen LogP) is 7.88. The fourth-order valence-corrected chi connectivity index (χ4v) is 8.64.